The minimum atomic E-state index is -0.366. The van der Waals surface area contributed by atoms with Crippen LogP contribution in [-0.2, 0) is 4.79 Å². The number of nitrogens with zero attached hydrogens (tertiary/aromatic N) is 3. The molecule has 0 radical (unpaired) electrons. The average Bonchev–Trinajstić information content (AvgIpc) is 2.67. The highest BCUT2D eigenvalue weighted by Crippen LogP contribution is 2.21. The Kier molecular flexibility index (Phi) is 5.65. The molecule has 1 amide bonds. The Morgan fingerprint density at radius 3 is 2.77 bits per heavy atom. The number of hydrogen-bond acceptors (Lipinski definition) is 4. The number of amides is 1. The number of carbonyl (C=O) groups excluding carboxylic acids is 1. The highest BCUT2D eigenvalue weighted by Gasteiger charge is 2.26. The van der Waals surface area contributed by atoms with Crippen molar-refractivity contribution in [1.82, 2.24) is 15.1 Å². The SMILES string of the molecule is CCCNC(=O)[C@@H]1CCCN(c2ccc(=O)n(-c3ccc(F)cc3)n2)C1. The van der Waals surface area contributed by atoms with Gasteiger partial charge >= 0.3 is 0 Å². The van der Waals surface area contributed by atoms with Crippen molar-refractivity contribution in [3.05, 3.63) is 52.6 Å². The number of nitrogens with one attached hydrogen (secondary N) is 1. The zero-order valence-corrected chi connectivity index (χ0v) is 14.8. The molecule has 0 aliphatic carbocycles. The van der Waals surface area contributed by atoms with Crippen molar-refractivity contribution in [2.75, 3.05) is 24.5 Å². The summed E-state index contributed by atoms with van der Waals surface area (Å²) in [6.07, 6.45) is 2.65. The molecule has 0 saturated carbocycles. The fourth-order valence-electron chi connectivity index (χ4n) is 3.13. The second-order valence-corrected chi connectivity index (χ2v) is 6.49. The molecule has 2 heterocycles. The number of anilines is 1. The third-order valence-electron chi connectivity index (χ3n) is 4.52. The first-order valence-corrected chi connectivity index (χ1v) is 8.97. The quantitative estimate of drug-likeness (QED) is 0.889. The van der Waals surface area contributed by atoms with E-state index in [-0.39, 0.29) is 23.2 Å². The molecule has 1 aliphatic heterocycles. The minimum Gasteiger partial charge on any atom is -0.356 e. The normalized spacial score (nSPS) is 17.2. The summed E-state index contributed by atoms with van der Waals surface area (Å²) in [5.74, 6) is 0.267. The maximum Gasteiger partial charge on any atom is 0.271 e. The molecule has 2 aromatic rings. The van der Waals surface area contributed by atoms with Gasteiger partial charge in [-0.1, -0.05) is 6.92 Å². The first-order chi connectivity index (χ1) is 12.6. The van der Waals surface area contributed by atoms with Gasteiger partial charge in [0.2, 0.25) is 5.91 Å². The van der Waals surface area contributed by atoms with Crippen molar-refractivity contribution < 1.29 is 9.18 Å². The van der Waals surface area contributed by atoms with Gasteiger partial charge in [-0.3, -0.25) is 9.59 Å². The van der Waals surface area contributed by atoms with Crippen molar-refractivity contribution >= 4 is 11.7 Å². The smallest absolute Gasteiger partial charge is 0.271 e. The van der Waals surface area contributed by atoms with E-state index in [2.05, 4.69) is 10.4 Å². The van der Waals surface area contributed by atoms with Crippen LogP contribution in [0, 0.1) is 11.7 Å². The molecule has 1 aromatic carbocycles. The van der Waals surface area contributed by atoms with E-state index in [0.717, 1.165) is 25.8 Å². The zero-order valence-electron chi connectivity index (χ0n) is 14.8. The lowest BCUT2D eigenvalue weighted by atomic mass is 9.97. The summed E-state index contributed by atoms with van der Waals surface area (Å²) < 4.78 is 14.4. The molecule has 1 aromatic heterocycles. The van der Waals surface area contributed by atoms with E-state index in [0.29, 0.717) is 24.6 Å². The largest absolute Gasteiger partial charge is 0.356 e. The van der Waals surface area contributed by atoms with Crippen LogP contribution >= 0.6 is 0 Å². The van der Waals surface area contributed by atoms with Gasteiger partial charge in [0.15, 0.2) is 0 Å². The zero-order chi connectivity index (χ0) is 18.5. The predicted molar refractivity (Wildman–Crippen MR) is 98.0 cm³/mol. The Labute approximate surface area is 151 Å². The summed E-state index contributed by atoms with van der Waals surface area (Å²) in [6, 6.07) is 8.76. The molecule has 1 saturated heterocycles. The standard InChI is InChI=1S/C19H23FN4O2/c1-2-11-21-19(26)14-4-3-12-23(13-14)17-9-10-18(25)24(22-17)16-7-5-15(20)6-8-16/h5-10,14H,2-4,11-13H2,1H3,(H,21,26)/t14-/m1/s1. The lowest BCUT2D eigenvalue weighted by Gasteiger charge is -2.32. The molecule has 26 heavy (non-hydrogen) atoms. The Morgan fingerprint density at radius 1 is 1.27 bits per heavy atom. The molecule has 1 aliphatic rings. The maximum atomic E-state index is 13.1. The van der Waals surface area contributed by atoms with Crippen LogP contribution in [0.5, 0.6) is 0 Å². The minimum absolute atomic E-state index is 0.0726. The fraction of sp³-hybridized carbons (Fsp3) is 0.421. The Bertz CT molecular complexity index is 819. The van der Waals surface area contributed by atoms with Crippen LogP contribution in [-0.4, -0.2) is 35.3 Å². The lowest BCUT2D eigenvalue weighted by Crippen LogP contribution is -2.44. The monoisotopic (exact) mass is 358 g/mol. The van der Waals surface area contributed by atoms with E-state index in [4.69, 9.17) is 0 Å². The molecule has 3 rings (SSSR count). The van der Waals surface area contributed by atoms with E-state index in [1.807, 2.05) is 11.8 Å². The molecular formula is C19H23FN4O2. The molecule has 0 spiro atoms. The highest BCUT2D eigenvalue weighted by molar-refractivity contribution is 5.79. The number of halogens is 1. The molecule has 138 valence electrons. The summed E-state index contributed by atoms with van der Waals surface area (Å²) in [5.41, 5.74) is 0.224. The maximum absolute atomic E-state index is 13.1. The molecule has 0 bridgehead atoms. The summed E-state index contributed by atoms with van der Waals surface area (Å²) in [5, 5.41) is 7.38. The average molecular weight is 358 g/mol. The second-order valence-electron chi connectivity index (χ2n) is 6.49. The van der Waals surface area contributed by atoms with Crippen LogP contribution in [0.15, 0.2) is 41.2 Å². The van der Waals surface area contributed by atoms with Gasteiger partial charge < -0.3 is 10.2 Å². The van der Waals surface area contributed by atoms with Crippen molar-refractivity contribution in [3.63, 3.8) is 0 Å². The van der Waals surface area contributed by atoms with Gasteiger partial charge in [-0.15, -0.1) is 5.10 Å². The van der Waals surface area contributed by atoms with Gasteiger partial charge in [0, 0.05) is 25.7 Å². The summed E-state index contributed by atoms with van der Waals surface area (Å²) in [7, 11) is 0. The van der Waals surface area contributed by atoms with Crippen molar-refractivity contribution in [2.24, 2.45) is 5.92 Å². The van der Waals surface area contributed by atoms with Crippen LogP contribution in [0.25, 0.3) is 5.69 Å². The van der Waals surface area contributed by atoms with Gasteiger partial charge in [-0.25, -0.2) is 4.39 Å². The summed E-state index contributed by atoms with van der Waals surface area (Å²) in [4.78, 5) is 26.4. The first-order valence-electron chi connectivity index (χ1n) is 8.97. The molecule has 6 nitrogen and oxygen atoms in total. The molecule has 1 fully saturated rings. The lowest BCUT2D eigenvalue weighted by molar-refractivity contribution is -0.125. The van der Waals surface area contributed by atoms with Crippen molar-refractivity contribution in [2.45, 2.75) is 26.2 Å². The van der Waals surface area contributed by atoms with Crippen molar-refractivity contribution in [3.8, 4) is 5.69 Å². The second kappa shape index (κ2) is 8.12. The number of rotatable bonds is 5. The Hall–Kier alpha value is -2.70. The van der Waals surface area contributed by atoms with E-state index >= 15 is 0 Å². The van der Waals surface area contributed by atoms with Crippen LogP contribution in [0.1, 0.15) is 26.2 Å². The van der Waals surface area contributed by atoms with E-state index in [1.165, 1.54) is 35.0 Å². The number of benzene rings is 1. The molecule has 1 atom stereocenters. The Balaban J connectivity index is 1.80. The van der Waals surface area contributed by atoms with E-state index in [1.54, 1.807) is 6.07 Å². The predicted octanol–water partition coefficient (Wildman–Crippen LogP) is 2.11. The topological polar surface area (TPSA) is 67.2 Å². The molecule has 1 N–H and O–H groups in total. The van der Waals surface area contributed by atoms with E-state index < -0.39 is 0 Å². The molecule has 0 unspecified atom stereocenters. The van der Waals surface area contributed by atoms with Crippen molar-refractivity contribution in [1.29, 1.82) is 0 Å². The van der Waals surface area contributed by atoms with Gasteiger partial charge in [0.25, 0.3) is 5.56 Å². The van der Waals surface area contributed by atoms with Gasteiger partial charge in [-0.05, 0) is 49.6 Å². The highest BCUT2D eigenvalue weighted by atomic mass is 19.1. The number of carbonyl (C=O) groups is 1. The number of aromatic nitrogens is 2. The van der Waals surface area contributed by atoms with Gasteiger partial charge in [0.1, 0.15) is 11.6 Å². The van der Waals surface area contributed by atoms with Gasteiger partial charge in [-0.2, -0.15) is 4.68 Å². The first kappa shape index (κ1) is 18.1. The van der Waals surface area contributed by atoms with Gasteiger partial charge in [0.05, 0.1) is 11.6 Å². The Morgan fingerprint density at radius 2 is 2.04 bits per heavy atom. The van der Waals surface area contributed by atoms with Crippen LogP contribution < -0.4 is 15.8 Å². The van der Waals surface area contributed by atoms with Crippen LogP contribution in [0.2, 0.25) is 0 Å². The molecular weight excluding hydrogens is 335 g/mol. The number of hydrogen-bond donors (Lipinski definition) is 1. The molecule has 7 heteroatoms. The fourth-order valence-corrected chi connectivity index (χ4v) is 3.13. The van der Waals surface area contributed by atoms with Crippen LogP contribution in [0.4, 0.5) is 10.2 Å². The number of piperidine rings is 1. The van der Waals surface area contributed by atoms with Crippen LogP contribution in [0.3, 0.4) is 0 Å². The third-order valence-corrected chi connectivity index (χ3v) is 4.52. The third kappa shape index (κ3) is 4.09. The summed E-state index contributed by atoms with van der Waals surface area (Å²) >= 11 is 0. The summed E-state index contributed by atoms with van der Waals surface area (Å²) in [6.45, 7) is 4.06. The van der Waals surface area contributed by atoms with E-state index in [9.17, 15) is 14.0 Å².